The van der Waals surface area contributed by atoms with E-state index in [1.54, 1.807) is 23.2 Å². The number of nitrogens with zero attached hydrogens (tertiary/aromatic N) is 4. The van der Waals surface area contributed by atoms with Gasteiger partial charge in [0.2, 0.25) is 11.8 Å². The molecule has 4 heterocycles. The van der Waals surface area contributed by atoms with Gasteiger partial charge in [0.15, 0.2) is 0 Å². The van der Waals surface area contributed by atoms with E-state index in [0.717, 1.165) is 16.0 Å². The number of aromatic nitrogens is 1. The predicted octanol–water partition coefficient (Wildman–Crippen LogP) is 2.29. The van der Waals surface area contributed by atoms with Crippen molar-refractivity contribution >= 4 is 17.7 Å². The van der Waals surface area contributed by atoms with Gasteiger partial charge in [-0.3, -0.25) is 14.6 Å². The number of amides is 2. The van der Waals surface area contributed by atoms with Gasteiger partial charge in [-0.2, -0.15) is 0 Å². The van der Waals surface area contributed by atoms with Crippen molar-refractivity contribution in [3.05, 3.63) is 53.5 Å². The molecule has 5 rings (SSSR count). The molecule has 0 aliphatic carbocycles. The van der Waals surface area contributed by atoms with Crippen LogP contribution in [-0.2, 0) is 16.0 Å². The van der Waals surface area contributed by atoms with Gasteiger partial charge in [0.1, 0.15) is 30.8 Å². The third kappa shape index (κ3) is 5.70. The molecule has 2 fully saturated rings. The molecule has 12 heteroatoms. The minimum atomic E-state index is -2.71. The summed E-state index contributed by atoms with van der Waals surface area (Å²) in [5, 5.41) is 3.31. The lowest BCUT2D eigenvalue weighted by atomic mass is 10.1. The van der Waals surface area contributed by atoms with Crippen LogP contribution in [0, 0.1) is 5.82 Å². The Labute approximate surface area is 218 Å². The minimum absolute atomic E-state index is 0.0317. The van der Waals surface area contributed by atoms with Crippen molar-refractivity contribution in [2.75, 3.05) is 50.8 Å². The average Bonchev–Trinajstić information content (AvgIpc) is 3.26. The summed E-state index contributed by atoms with van der Waals surface area (Å²) in [6.45, 7) is 3.30. The molecule has 1 N–H and O–H groups in total. The molecule has 2 aromatic rings. The highest BCUT2D eigenvalue weighted by Gasteiger charge is 2.42. The van der Waals surface area contributed by atoms with Crippen LogP contribution in [-0.4, -0.2) is 97.3 Å². The SMILES string of the molecule is C[C@@H]1CN(CC(=O)N2CCOc3ncc(Cc4ccc(F)cc4)cc32)[C@@H](CN2C(=O)OCC2C(F)F)CN1. The number of fused-ring (bicyclic) bond motifs is 1. The molecule has 1 aromatic carbocycles. The lowest BCUT2D eigenvalue weighted by Crippen LogP contribution is -2.61. The highest BCUT2D eigenvalue weighted by atomic mass is 19.3. The molecule has 3 aliphatic heterocycles. The predicted molar refractivity (Wildman–Crippen MR) is 132 cm³/mol. The fraction of sp³-hybridized carbons (Fsp3) is 0.500. The first kappa shape index (κ1) is 26.2. The Morgan fingerprint density at radius 2 is 2.00 bits per heavy atom. The fourth-order valence-electron chi connectivity index (χ4n) is 5.11. The maximum atomic E-state index is 13.6. The van der Waals surface area contributed by atoms with E-state index in [1.165, 1.54) is 12.1 Å². The summed E-state index contributed by atoms with van der Waals surface area (Å²) in [5.41, 5.74) is 2.31. The van der Waals surface area contributed by atoms with Crippen LogP contribution in [0.15, 0.2) is 36.5 Å². The molecule has 0 spiro atoms. The largest absolute Gasteiger partial charge is 0.474 e. The molecule has 1 unspecified atom stereocenters. The summed E-state index contributed by atoms with van der Waals surface area (Å²) in [6, 6.07) is 6.50. The number of ether oxygens (including phenoxy) is 2. The maximum absolute atomic E-state index is 13.6. The number of nitrogens with one attached hydrogen (secondary N) is 1. The Kier molecular flexibility index (Phi) is 7.70. The van der Waals surface area contributed by atoms with Crippen molar-refractivity contribution in [2.45, 2.75) is 37.9 Å². The molecule has 1 aromatic heterocycles. The Balaban J connectivity index is 1.31. The second kappa shape index (κ2) is 11.2. The van der Waals surface area contributed by atoms with Crippen molar-refractivity contribution in [3.8, 4) is 5.88 Å². The summed E-state index contributed by atoms with van der Waals surface area (Å²) in [5.74, 6) is -0.129. The van der Waals surface area contributed by atoms with E-state index in [9.17, 15) is 22.8 Å². The zero-order valence-electron chi connectivity index (χ0n) is 21.0. The number of halogens is 3. The lowest BCUT2D eigenvalue weighted by Gasteiger charge is -2.41. The topological polar surface area (TPSA) is 87.2 Å². The number of piperazine rings is 1. The van der Waals surface area contributed by atoms with Crippen LogP contribution in [0.25, 0.3) is 0 Å². The molecular formula is C26H30F3N5O4. The Bertz CT molecular complexity index is 1170. The van der Waals surface area contributed by atoms with Gasteiger partial charge in [-0.1, -0.05) is 12.1 Å². The summed E-state index contributed by atoms with van der Waals surface area (Å²) in [7, 11) is 0. The molecular weight excluding hydrogens is 503 g/mol. The van der Waals surface area contributed by atoms with Crippen molar-refractivity contribution in [3.63, 3.8) is 0 Å². The highest BCUT2D eigenvalue weighted by molar-refractivity contribution is 5.96. The van der Waals surface area contributed by atoms with Crippen molar-refractivity contribution < 1.29 is 32.2 Å². The van der Waals surface area contributed by atoms with E-state index in [0.29, 0.717) is 44.2 Å². The van der Waals surface area contributed by atoms with Crippen molar-refractivity contribution in [2.24, 2.45) is 0 Å². The highest BCUT2D eigenvalue weighted by Crippen LogP contribution is 2.31. The fourth-order valence-corrected chi connectivity index (χ4v) is 5.11. The third-order valence-corrected chi connectivity index (χ3v) is 7.13. The standard InChI is InChI=1S/C26H30F3N5O4/c1-16-12-32(20(11-30-16)13-34-22(24(28)29)15-38-26(34)36)14-23(35)33-6-7-37-25-21(33)9-18(10-31-25)8-17-2-4-19(27)5-3-17/h2-5,9-10,16,20,22,24,30H,6-8,11-15H2,1H3/t16-,20-,22?/m1/s1. The van der Waals surface area contributed by atoms with E-state index < -0.39 is 18.6 Å². The molecule has 38 heavy (non-hydrogen) atoms. The Hall–Kier alpha value is -3.38. The van der Waals surface area contributed by atoms with Crippen LogP contribution >= 0.6 is 0 Å². The number of anilines is 1. The van der Waals surface area contributed by atoms with Crippen LogP contribution in [0.3, 0.4) is 0 Å². The van der Waals surface area contributed by atoms with Crippen LogP contribution in [0.2, 0.25) is 0 Å². The van der Waals surface area contributed by atoms with Gasteiger partial charge in [-0.05, 0) is 42.7 Å². The number of rotatable bonds is 7. The summed E-state index contributed by atoms with van der Waals surface area (Å²) >= 11 is 0. The molecule has 9 nitrogen and oxygen atoms in total. The number of cyclic esters (lactones) is 1. The van der Waals surface area contributed by atoms with E-state index in [2.05, 4.69) is 10.3 Å². The van der Waals surface area contributed by atoms with Crippen molar-refractivity contribution in [1.29, 1.82) is 0 Å². The Morgan fingerprint density at radius 1 is 1.21 bits per heavy atom. The lowest BCUT2D eigenvalue weighted by molar-refractivity contribution is -0.121. The van der Waals surface area contributed by atoms with Gasteiger partial charge in [0.25, 0.3) is 6.43 Å². The van der Waals surface area contributed by atoms with Gasteiger partial charge >= 0.3 is 6.09 Å². The first-order valence-corrected chi connectivity index (χ1v) is 12.6. The molecule has 204 valence electrons. The molecule has 3 aliphatic rings. The maximum Gasteiger partial charge on any atom is 0.410 e. The van der Waals surface area contributed by atoms with Gasteiger partial charge in [0.05, 0.1) is 13.1 Å². The first-order chi connectivity index (χ1) is 18.3. The number of hydrogen-bond donors (Lipinski definition) is 1. The van der Waals surface area contributed by atoms with E-state index >= 15 is 0 Å². The van der Waals surface area contributed by atoms with Gasteiger partial charge in [0, 0.05) is 37.9 Å². The first-order valence-electron chi connectivity index (χ1n) is 12.6. The zero-order valence-corrected chi connectivity index (χ0v) is 21.0. The van der Waals surface area contributed by atoms with Crippen LogP contribution in [0.4, 0.5) is 23.7 Å². The molecule has 2 amide bonds. The normalized spacial score (nSPS) is 23.8. The van der Waals surface area contributed by atoms with Gasteiger partial charge in [-0.15, -0.1) is 0 Å². The number of alkyl halides is 2. The number of pyridine rings is 1. The summed E-state index contributed by atoms with van der Waals surface area (Å²) in [4.78, 5) is 34.7. The second-order valence-corrected chi connectivity index (χ2v) is 9.89. The quantitative estimate of drug-likeness (QED) is 0.585. The smallest absolute Gasteiger partial charge is 0.410 e. The molecule has 0 radical (unpaired) electrons. The van der Waals surface area contributed by atoms with Crippen LogP contribution in [0.1, 0.15) is 18.1 Å². The molecule has 0 bridgehead atoms. The number of benzene rings is 1. The zero-order chi connectivity index (χ0) is 26.8. The summed E-state index contributed by atoms with van der Waals surface area (Å²) < 4.78 is 50.7. The van der Waals surface area contributed by atoms with Crippen LogP contribution < -0.4 is 15.0 Å². The van der Waals surface area contributed by atoms with Crippen LogP contribution in [0.5, 0.6) is 5.88 Å². The molecule has 2 saturated heterocycles. The number of hydrogen-bond acceptors (Lipinski definition) is 7. The second-order valence-electron chi connectivity index (χ2n) is 9.89. The van der Waals surface area contributed by atoms with E-state index in [4.69, 9.17) is 9.47 Å². The minimum Gasteiger partial charge on any atom is -0.474 e. The summed E-state index contributed by atoms with van der Waals surface area (Å²) in [6.07, 6.45) is -1.29. The molecule has 0 saturated carbocycles. The van der Waals surface area contributed by atoms with Crippen molar-refractivity contribution in [1.82, 2.24) is 20.1 Å². The number of carbonyl (C=O) groups is 2. The monoisotopic (exact) mass is 533 g/mol. The van der Waals surface area contributed by atoms with Gasteiger partial charge in [-0.25, -0.2) is 22.9 Å². The van der Waals surface area contributed by atoms with Gasteiger partial charge < -0.3 is 19.7 Å². The van der Waals surface area contributed by atoms with E-state index in [1.807, 2.05) is 17.9 Å². The Morgan fingerprint density at radius 3 is 2.76 bits per heavy atom. The molecule has 3 atom stereocenters. The number of carbonyl (C=O) groups excluding carboxylic acids is 2. The van der Waals surface area contributed by atoms with E-state index in [-0.39, 0.29) is 43.5 Å². The average molecular weight is 534 g/mol. The third-order valence-electron chi connectivity index (χ3n) is 7.13.